The van der Waals surface area contributed by atoms with E-state index >= 15 is 0 Å². The lowest BCUT2D eigenvalue weighted by Crippen LogP contribution is -2.17. The minimum absolute atomic E-state index is 0.0141. The molecular weight excluding hydrogens is 404 g/mol. The number of ether oxygens (including phenoxy) is 3. The van der Waals surface area contributed by atoms with E-state index in [-0.39, 0.29) is 12.1 Å². The number of hydrogen-bond acceptors (Lipinski definition) is 6. The lowest BCUT2D eigenvalue weighted by Gasteiger charge is -2.07. The Morgan fingerprint density at radius 2 is 1.53 bits per heavy atom. The molecule has 6 heteroatoms. The fraction of sp³-hybridized carbons (Fsp3) is 0.577. The molecule has 1 fully saturated rings. The molecule has 1 aromatic carbocycles. The molecular formula is C26H36N2O4. The van der Waals surface area contributed by atoms with Gasteiger partial charge in [0.25, 0.3) is 0 Å². The Balaban J connectivity index is 1.36. The number of hydrogen-bond donors (Lipinski definition) is 0. The third-order valence-electron chi connectivity index (χ3n) is 5.65. The molecule has 0 radical (unpaired) electrons. The number of esters is 1. The zero-order valence-corrected chi connectivity index (χ0v) is 19.4. The molecule has 0 N–H and O–H groups in total. The number of carbonyl (C=O) groups is 1. The van der Waals surface area contributed by atoms with Crippen molar-refractivity contribution in [2.45, 2.75) is 90.3 Å². The van der Waals surface area contributed by atoms with Gasteiger partial charge >= 0.3 is 12.0 Å². The van der Waals surface area contributed by atoms with Crippen LogP contribution in [0.15, 0.2) is 36.7 Å². The van der Waals surface area contributed by atoms with Gasteiger partial charge in [0.1, 0.15) is 5.75 Å². The maximum atomic E-state index is 12.1. The first-order valence-electron chi connectivity index (χ1n) is 12.1. The smallest absolute Gasteiger partial charge is 0.343 e. The second-order valence-corrected chi connectivity index (χ2v) is 8.41. The summed E-state index contributed by atoms with van der Waals surface area (Å²) in [6, 6.07) is 7.74. The number of nitrogens with zero attached hydrogens (tertiary/aromatic N) is 2. The third kappa shape index (κ3) is 7.90. The molecule has 174 valence electrons. The average Bonchev–Trinajstić information content (AvgIpc) is 3.59. The highest BCUT2D eigenvalue weighted by atomic mass is 16.6. The first kappa shape index (κ1) is 24.2. The van der Waals surface area contributed by atoms with Gasteiger partial charge in [-0.15, -0.1) is 0 Å². The molecule has 2 heterocycles. The fourth-order valence-electron chi connectivity index (χ4n) is 3.68. The van der Waals surface area contributed by atoms with Crippen LogP contribution < -0.4 is 9.47 Å². The van der Waals surface area contributed by atoms with Gasteiger partial charge in [-0.05, 0) is 30.5 Å². The van der Waals surface area contributed by atoms with Crippen molar-refractivity contribution in [3.05, 3.63) is 36.7 Å². The van der Waals surface area contributed by atoms with Crippen molar-refractivity contribution in [3.63, 3.8) is 0 Å². The molecule has 1 aromatic heterocycles. The lowest BCUT2D eigenvalue weighted by molar-refractivity contribution is -0.135. The summed E-state index contributed by atoms with van der Waals surface area (Å²) in [5, 5.41) is 0. The summed E-state index contributed by atoms with van der Waals surface area (Å²) in [7, 11) is 0. The van der Waals surface area contributed by atoms with Gasteiger partial charge in [-0.1, -0.05) is 77.3 Å². The molecule has 2 atom stereocenters. The topological polar surface area (TPSA) is 73.8 Å². The van der Waals surface area contributed by atoms with Gasteiger partial charge in [0.2, 0.25) is 0 Å². The zero-order valence-electron chi connectivity index (χ0n) is 19.4. The highest BCUT2D eigenvalue weighted by Gasteiger charge is 2.45. The summed E-state index contributed by atoms with van der Waals surface area (Å²) in [6.45, 7) is 4.97. The van der Waals surface area contributed by atoms with E-state index in [9.17, 15) is 4.79 Å². The van der Waals surface area contributed by atoms with Crippen molar-refractivity contribution in [1.82, 2.24) is 9.97 Å². The van der Waals surface area contributed by atoms with Crippen molar-refractivity contribution in [2.24, 2.45) is 0 Å². The minimum atomic E-state index is -0.415. The SMILES string of the molecule is CCCCCCCCCCOc1ncc(-c2ccc(OC(=O)[C@@H]3O[C@@H]3CCC)cc2)cn1. The van der Waals surface area contributed by atoms with Crippen molar-refractivity contribution in [2.75, 3.05) is 6.61 Å². The van der Waals surface area contributed by atoms with Gasteiger partial charge in [0, 0.05) is 18.0 Å². The molecule has 0 aliphatic carbocycles. The Morgan fingerprint density at radius 1 is 0.875 bits per heavy atom. The van der Waals surface area contributed by atoms with Crippen LogP contribution in [0, 0.1) is 0 Å². The van der Waals surface area contributed by atoms with Gasteiger partial charge in [0.15, 0.2) is 6.10 Å². The van der Waals surface area contributed by atoms with Gasteiger partial charge in [-0.2, -0.15) is 0 Å². The second-order valence-electron chi connectivity index (χ2n) is 8.41. The van der Waals surface area contributed by atoms with Crippen LogP contribution in [0.4, 0.5) is 0 Å². The van der Waals surface area contributed by atoms with Crippen molar-refractivity contribution in [3.8, 4) is 22.9 Å². The zero-order chi connectivity index (χ0) is 22.6. The molecule has 0 saturated carbocycles. The molecule has 2 aromatic rings. The highest BCUT2D eigenvalue weighted by Crippen LogP contribution is 2.29. The van der Waals surface area contributed by atoms with Crippen LogP contribution >= 0.6 is 0 Å². The van der Waals surface area contributed by atoms with Crippen molar-refractivity contribution >= 4 is 5.97 Å². The van der Waals surface area contributed by atoms with Gasteiger partial charge < -0.3 is 14.2 Å². The summed E-state index contributed by atoms with van der Waals surface area (Å²) in [6.07, 6.45) is 15.1. The molecule has 1 aliphatic rings. The summed E-state index contributed by atoms with van der Waals surface area (Å²) in [5.41, 5.74) is 1.83. The Kier molecular flexibility index (Phi) is 9.95. The van der Waals surface area contributed by atoms with Gasteiger partial charge in [-0.3, -0.25) is 0 Å². The molecule has 32 heavy (non-hydrogen) atoms. The molecule has 0 unspecified atom stereocenters. The van der Waals surface area contributed by atoms with E-state index in [0.717, 1.165) is 30.4 Å². The first-order chi connectivity index (χ1) is 15.7. The normalized spacial score (nSPS) is 17.2. The van der Waals surface area contributed by atoms with Crippen molar-refractivity contribution in [1.29, 1.82) is 0 Å². The van der Waals surface area contributed by atoms with E-state index in [4.69, 9.17) is 14.2 Å². The average molecular weight is 441 g/mol. The number of aromatic nitrogens is 2. The number of benzene rings is 1. The molecule has 1 aliphatic heterocycles. The molecule has 1 saturated heterocycles. The molecule has 3 rings (SSSR count). The maximum Gasteiger partial charge on any atom is 0.343 e. The van der Waals surface area contributed by atoms with E-state index in [1.165, 1.54) is 44.9 Å². The monoisotopic (exact) mass is 440 g/mol. The Hall–Kier alpha value is -2.47. The fourth-order valence-corrected chi connectivity index (χ4v) is 3.68. The molecule has 0 bridgehead atoms. The van der Waals surface area contributed by atoms with Gasteiger partial charge in [0.05, 0.1) is 12.7 Å². The maximum absolute atomic E-state index is 12.1. The second kappa shape index (κ2) is 13.2. The summed E-state index contributed by atoms with van der Waals surface area (Å²) >= 11 is 0. The lowest BCUT2D eigenvalue weighted by atomic mass is 10.1. The van der Waals surface area contributed by atoms with Crippen LogP contribution in [0.5, 0.6) is 11.8 Å². The van der Waals surface area contributed by atoms with Crippen LogP contribution in [-0.2, 0) is 9.53 Å². The third-order valence-corrected chi connectivity index (χ3v) is 5.65. The van der Waals surface area contributed by atoms with Crippen LogP contribution in [0.25, 0.3) is 11.1 Å². The molecule has 6 nitrogen and oxygen atoms in total. The van der Waals surface area contributed by atoms with E-state index in [1.54, 1.807) is 24.5 Å². The van der Waals surface area contributed by atoms with Crippen LogP contribution in [-0.4, -0.2) is 34.8 Å². The van der Waals surface area contributed by atoms with Crippen LogP contribution in [0.2, 0.25) is 0 Å². The van der Waals surface area contributed by atoms with E-state index < -0.39 is 6.10 Å². The quantitative estimate of drug-likeness (QED) is 0.143. The Labute approximate surface area is 191 Å². The molecule has 0 amide bonds. The standard InChI is InChI=1S/C26H36N2O4/c1-3-5-6-7-8-9-10-11-17-30-26-27-18-21(19-28-26)20-13-15-22(16-14-20)31-25(29)24-23(32-24)12-4-2/h13-16,18-19,23-24H,3-12,17H2,1-2H3/t23-,24-/m1/s1. The largest absolute Gasteiger partial charge is 0.463 e. The van der Waals surface area contributed by atoms with Gasteiger partial charge in [-0.25, -0.2) is 14.8 Å². The van der Waals surface area contributed by atoms with Crippen LogP contribution in [0.3, 0.4) is 0 Å². The number of unbranched alkanes of at least 4 members (excludes halogenated alkanes) is 7. The van der Waals surface area contributed by atoms with Crippen molar-refractivity contribution < 1.29 is 19.0 Å². The summed E-state index contributed by atoms with van der Waals surface area (Å²) < 4.78 is 16.4. The molecule has 0 spiro atoms. The number of carbonyl (C=O) groups excluding carboxylic acids is 1. The Morgan fingerprint density at radius 3 is 2.19 bits per heavy atom. The van der Waals surface area contributed by atoms with E-state index in [1.807, 2.05) is 12.1 Å². The summed E-state index contributed by atoms with van der Waals surface area (Å²) in [5.74, 6) is 0.188. The highest BCUT2D eigenvalue weighted by molar-refractivity contribution is 5.80. The van der Waals surface area contributed by atoms with Crippen LogP contribution in [0.1, 0.15) is 78.1 Å². The minimum Gasteiger partial charge on any atom is -0.463 e. The summed E-state index contributed by atoms with van der Waals surface area (Å²) in [4.78, 5) is 20.7. The first-order valence-corrected chi connectivity index (χ1v) is 12.1. The predicted octanol–water partition coefficient (Wildman–Crippen LogP) is 6.14. The number of epoxide rings is 1. The van der Waals surface area contributed by atoms with E-state index in [2.05, 4.69) is 23.8 Å². The predicted molar refractivity (Wildman–Crippen MR) is 125 cm³/mol. The Bertz CT molecular complexity index is 808. The van der Waals surface area contributed by atoms with E-state index in [0.29, 0.717) is 18.4 Å². The number of rotatable bonds is 15.